The molecule has 1 saturated heterocycles. The van der Waals surface area contributed by atoms with E-state index in [0.29, 0.717) is 5.92 Å². The normalized spacial score (nSPS) is 18.9. The van der Waals surface area contributed by atoms with Crippen LogP contribution in [0.3, 0.4) is 0 Å². The summed E-state index contributed by atoms with van der Waals surface area (Å²) in [6.07, 6.45) is 4.28. The van der Waals surface area contributed by atoms with Crippen LogP contribution in [0.4, 0.5) is 5.82 Å². The molecule has 1 N–H and O–H groups in total. The number of aryl methyl sites for hydroxylation is 1. The fraction of sp³-hybridized carbons (Fsp3) is 0.625. The lowest BCUT2D eigenvalue weighted by Gasteiger charge is -2.31. The van der Waals surface area contributed by atoms with Gasteiger partial charge in [-0.2, -0.15) is 0 Å². The topological polar surface area (TPSA) is 45.2 Å². The van der Waals surface area contributed by atoms with Gasteiger partial charge in [0, 0.05) is 31.4 Å². The third-order valence-corrected chi connectivity index (χ3v) is 3.83. The van der Waals surface area contributed by atoms with E-state index >= 15 is 0 Å². The second-order valence-electron chi connectivity index (χ2n) is 5.73. The lowest BCUT2D eigenvalue weighted by molar-refractivity contribution is 0.0683. The van der Waals surface area contributed by atoms with E-state index in [-0.39, 0.29) is 5.91 Å². The van der Waals surface area contributed by atoms with E-state index in [4.69, 9.17) is 0 Å². The number of carbonyl (C=O) groups excluding carboxylic acids is 1. The van der Waals surface area contributed by atoms with Gasteiger partial charge in [-0.1, -0.05) is 20.3 Å². The zero-order valence-electron chi connectivity index (χ0n) is 12.8. The summed E-state index contributed by atoms with van der Waals surface area (Å²) in [6.45, 7) is 6.09. The van der Waals surface area contributed by atoms with Gasteiger partial charge in [0.05, 0.1) is 0 Å². The highest BCUT2D eigenvalue weighted by molar-refractivity contribution is 5.95. The molecule has 0 aliphatic carbocycles. The van der Waals surface area contributed by atoms with Crippen molar-refractivity contribution >= 4 is 11.7 Å². The molecule has 0 radical (unpaired) electrons. The number of amides is 1. The maximum Gasteiger partial charge on any atom is 0.254 e. The van der Waals surface area contributed by atoms with E-state index in [1.807, 2.05) is 24.1 Å². The molecule has 1 aromatic heterocycles. The van der Waals surface area contributed by atoms with Crippen molar-refractivity contribution < 1.29 is 4.79 Å². The minimum atomic E-state index is 0.146. The Morgan fingerprint density at radius 3 is 2.95 bits per heavy atom. The summed E-state index contributed by atoms with van der Waals surface area (Å²) >= 11 is 0. The van der Waals surface area contributed by atoms with E-state index in [0.717, 1.165) is 49.4 Å². The number of aromatic nitrogens is 1. The number of piperidine rings is 1. The lowest BCUT2D eigenvalue weighted by atomic mass is 9.99. The Morgan fingerprint density at radius 2 is 2.30 bits per heavy atom. The molecule has 0 saturated carbocycles. The van der Waals surface area contributed by atoms with Crippen LogP contribution in [0.25, 0.3) is 0 Å². The van der Waals surface area contributed by atoms with E-state index in [1.165, 1.54) is 6.42 Å². The van der Waals surface area contributed by atoms with Crippen molar-refractivity contribution in [3.63, 3.8) is 0 Å². The number of pyridine rings is 1. The highest BCUT2D eigenvalue weighted by Crippen LogP contribution is 2.19. The molecule has 2 rings (SSSR count). The van der Waals surface area contributed by atoms with E-state index < -0.39 is 0 Å². The van der Waals surface area contributed by atoms with Crippen molar-refractivity contribution in [2.75, 3.05) is 25.5 Å². The summed E-state index contributed by atoms with van der Waals surface area (Å²) in [6, 6.07) is 3.81. The van der Waals surface area contributed by atoms with Crippen LogP contribution in [-0.4, -0.2) is 35.9 Å². The molecular formula is C16H25N3O. The fourth-order valence-electron chi connectivity index (χ4n) is 2.78. The third kappa shape index (κ3) is 3.50. The average molecular weight is 275 g/mol. The Kier molecular flexibility index (Phi) is 4.99. The molecule has 0 bridgehead atoms. The number of hydrogen-bond acceptors (Lipinski definition) is 3. The van der Waals surface area contributed by atoms with E-state index in [1.54, 1.807) is 0 Å². The van der Waals surface area contributed by atoms with Gasteiger partial charge in [0.2, 0.25) is 0 Å². The number of carbonyl (C=O) groups is 1. The number of likely N-dealkylation sites (tertiary alicyclic amines) is 1. The van der Waals surface area contributed by atoms with Crippen molar-refractivity contribution in [1.82, 2.24) is 9.88 Å². The highest BCUT2D eigenvalue weighted by atomic mass is 16.2. The molecule has 1 aliphatic heterocycles. The van der Waals surface area contributed by atoms with Gasteiger partial charge in [0.15, 0.2) is 0 Å². The summed E-state index contributed by atoms with van der Waals surface area (Å²) < 4.78 is 0. The smallest absolute Gasteiger partial charge is 0.254 e. The zero-order valence-corrected chi connectivity index (χ0v) is 12.8. The highest BCUT2D eigenvalue weighted by Gasteiger charge is 2.22. The fourth-order valence-corrected chi connectivity index (χ4v) is 2.78. The largest absolute Gasteiger partial charge is 0.373 e. The maximum absolute atomic E-state index is 12.6. The zero-order chi connectivity index (χ0) is 14.5. The first-order valence-electron chi connectivity index (χ1n) is 7.62. The molecule has 0 aromatic carbocycles. The standard InChI is InChI=1S/C16H25N3O/c1-4-6-14-9-13(10-15(17-3)18-14)16(20)19-8-5-7-12(2)11-19/h9-10,12H,4-8,11H2,1-3H3,(H,17,18). The van der Waals surface area contributed by atoms with E-state index in [9.17, 15) is 4.79 Å². The Balaban J connectivity index is 2.21. The molecule has 1 amide bonds. The minimum absolute atomic E-state index is 0.146. The Morgan fingerprint density at radius 1 is 1.50 bits per heavy atom. The molecule has 1 unspecified atom stereocenters. The number of anilines is 1. The number of hydrogen-bond donors (Lipinski definition) is 1. The van der Waals surface area contributed by atoms with Crippen molar-refractivity contribution in [2.24, 2.45) is 5.92 Å². The van der Waals surface area contributed by atoms with Crippen LogP contribution in [0.2, 0.25) is 0 Å². The molecule has 4 heteroatoms. The van der Waals surface area contributed by atoms with Crippen LogP contribution < -0.4 is 5.32 Å². The molecule has 4 nitrogen and oxygen atoms in total. The Bertz CT molecular complexity index is 473. The third-order valence-electron chi connectivity index (χ3n) is 3.83. The van der Waals surface area contributed by atoms with Crippen molar-refractivity contribution in [1.29, 1.82) is 0 Å². The van der Waals surface area contributed by atoms with Crippen LogP contribution in [0, 0.1) is 5.92 Å². The number of nitrogens with one attached hydrogen (secondary N) is 1. The predicted octanol–water partition coefficient (Wildman–Crippen LogP) is 2.95. The van der Waals surface area contributed by atoms with Gasteiger partial charge in [-0.05, 0) is 37.3 Å². The second kappa shape index (κ2) is 6.73. The molecule has 2 heterocycles. The average Bonchev–Trinajstić information content (AvgIpc) is 2.46. The van der Waals surface area contributed by atoms with Crippen molar-refractivity contribution in [2.45, 2.75) is 39.5 Å². The molecule has 110 valence electrons. The van der Waals surface area contributed by atoms with Crippen LogP contribution in [0.15, 0.2) is 12.1 Å². The van der Waals surface area contributed by atoms with Crippen LogP contribution in [0.5, 0.6) is 0 Å². The van der Waals surface area contributed by atoms with Gasteiger partial charge in [-0.25, -0.2) is 4.98 Å². The van der Waals surface area contributed by atoms with Crippen molar-refractivity contribution in [3.8, 4) is 0 Å². The van der Waals surface area contributed by atoms with Crippen LogP contribution >= 0.6 is 0 Å². The van der Waals surface area contributed by atoms with Gasteiger partial charge in [-0.15, -0.1) is 0 Å². The van der Waals surface area contributed by atoms with Gasteiger partial charge in [0.1, 0.15) is 5.82 Å². The van der Waals surface area contributed by atoms with Gasteiger partial charge in [-0.3, -0.25) is 4.79 Å². The summed E-state index contributed by atoms with van der Waals surface area (Å²) in [7, 11) is 1.84. The SMILES string of the molecule is CCCc1cc(C(=O)N2CCCC(C)C2)cc(NC)n1. The molecule has 1 aliphatic rings. The van der Waals surface area contributed by atoms with Crippen LogP contribution in [0.1, 0.15) is 49.2 Å². The second-order valence-corrected chi connectivity index (χ2v) is 5.73. The van der Waals surface area contributed by atoms with Gasteiger partial charge < -0.3 is 10.2 Å². The van der Waals surface area contributed by atoms with Crippen LogP contribution in [-0.2, 0) is 6.42 Å². The Hall–Kier alpha value is -1.58. The summed E-state index contributed by atoms with van der Waals surface area (Å²) in [5.74, 6) is 1.53. The first kappa shape index (κ1) is 14.8. The molecule has 1 aromatic rings. The summed E-state index contributed by atoms with van der Waals surface area (Å²) in [5, 5.41) is 3.05. The Labute approximate surface area is 121 Å². The first-order valence-corrected chi connectivity index (χ1v) is 7.62. The summed E-state index contributed by atoms with van der Waals surface area (Å²) in [4.78, 5) is 19.1. The number of rotatable bonds is 4. The predicted molar refractivity (Wildman–Crippen MR) is 82.1 cm³/mol. The minimum Gasteiger partial charge on any atom is -0.373 e. The van der Waals surface area contributed by atoms with Crippen molar-refractivity contribution in [3.05, 3.63) is 23.4 Å². The monoisotopic (exact) mass is 275 g/mol. The molecule has 0 spiro atoms. The first-order chi connectivity index (χ1) is 9.63. The molecular weight excluding hydrogens is 250 g/mol. The lowest BCUT2D eigenvalue weighted by Crippen LogP contribution is -2.39. The molecule has 1 fully saturated rings. The summed E-state index contributed by atoms with van der Waals surface area (Å²) in [5.41, 5.74) is 1.76. The molecule has 1 atom stereocenters. The number of nitrogens with zero attached hydrogens (tertiary/aromatic N) is 2. The van der Waals surface area contributed by atoms with E-state index in [2.05, 4.69) is 24.1 Å². The maximum atomic E-state index is 12.6. The van der Waals surface area contributed by atoms with Gasteiger partial charge >= 0.3 is 0 Å². The molecule has 20 heavy (non-hydrogen) atoms. The van der Waals surface area contributed by atoms with Gasteiger partial charge in [0.25, 0.3) is 5.91 Å². The quantitative estimate of drug-likeness (QED) is 0.919.